The number of hydrogen-bond donors (Lipinski definition) is 2. The average Bonchev–Trinajstić information content (AvgIpc) is 2.52. The lowest BCUT2D eigenvalue weighted by molar-refractivity contribution is -0.709. The SMILES string of the molecule is Cc1c(Cl)cccc1NC(=O)[C@H](C)[NH2+][C@@H](C)c1ccccc1. The zero-order valence-electron chi connectivity index (χ0n) is 13.1. The van der Waals surface area contributed by atoms with Crippen LogP contribution in [0.25, 0.3) is 0 Å². The molecule has 2 atom stereocenters. The lowest BCUT2D eigenvalue weighted by Gasteiger charge is -2.17. The molecule has 0 saturated carbocycles. The summed E-state index contributed by atoms with van der Waals surface area (Å²) in [5, 5.41) is 5.67. The summed E-state index contributed by atoms with van der Waals surface area (Å²) in [4.78, 5) is 12.4. The van der Waals surface area contributed by atoms with Crippen LogP contribution in [0, 0.1) is 6.92 Å². The third kappa shape index (κ3) is 4.09. The molecular formula is C18H22ClN2O+. The molecule has 1 amide bonds. The molecule has 116 valence electrons. The van der Waals surface area contributed by atoms with Crippen molar-refractivity contribution in [2.24, 2.45) is 0 Å². The third-order valence-electron chi connectivity index (χ3n) is 3.84. The molecule has 0 aliphatic heterocycles. The molecule has 2 aromatic rings. The van der Waals surface area contributed by atoms with Crippen LogP contribution < -0.4 is 10.6 Å². The van der Waals surface area contributed by atoms with Crippen LogP contribution in [0.5, 0.6) is 0 Å². The van der Waals surface area contributed by atoms with E-state index >= 15 is 0 Å². The third-order valence-corrected chi connectivity index (χ3v) is 4.25. The molecule has 0 unspecified atom stereocenters. The van der Waals surface area contributed by atoms with Crippen LogP contribution in [-0.4, -0.2) is 11.9 Å². The molecule has 0 radical (unpaired) electrons. The number of halogens is 1. The van der Waals surface area contributed by atoms with Crippen LogP contribution in [0.4, 0.5) is 5.69 Å². The van der Waals surface area contributed by atoms with Crippen molar-refractivity contribution in [2.75, 3.05) is 5.32 Å². The smallest absolute Gasteiger partial charge is 0.282 e. The zero-order valence-corrected chi connectivity index (χ0v) is 13.9. The first kappa shape index (κ1) is 16.5. The standard InChI is InChI=1S/C18H21ClN2O/c1-12-16(19)10-7-11-17(12)21-18(22)14(3)20-13(2)15-8-5-4-6-9-15/h4-11,13-14,20H,1-3H3,(H,21,22)/p+1/t13-,14-/m0/s1. The molecular weight excluding hydrogens is 296 g/mol. The molecule has 2 aromatic carbocycles. The van der Waals surface area contributed by atoms with Gasteiger partial charge in [0.2, 0.25) is 0 Å². The first-order valence-electron chi connectivity index (χ1n) is 7.45. The largest absolute Gasteiger partial charge is 0.330 e. The van der Waals surface area contributed by atoms with Crippen molar-refractivity contribution < 1.29 is 10.1 Å². The van der Waals surface area contributed by atoms with Gasteiger partial charge in [-0.15, -0.1) is 0 Å². The number of nitrogens with two attached hydrogens (primary N) is 1. The lowest BCUT2D eigenvalue weighted by atomic mass is 10.1. The number of hydrogen-bond acceptors (Lipinski definition) is 1. The van der Waals surface area contributed by atoms with Gasteiger partial charge < -0.3 is 10.6 Å². The second-order valence-electron chi connectivity index (χ2n) is 5.58. The summed E-state index contributed by atoms with van der Waals surface area (Å²) in [6, 6.07) is 15.7. The molecule has 3 N–H and O–H groups in total. The van der Waals surface area contributed by atoms with Gasteiger partial charge in [-0.25, -0.2) is 0 Å². The zero-order chi connectivity index (χ0) is 16.1. The summed E-state index contributed by atoms with van der Waals surface area (Å²) in [5.41, 5.74) is 2.87. The number of anilines is 1. The maximum atomic E-state index is 12.4. The van der Waals surface area contributed by atoms with Crippen LogP contribution in [0.3, 0.4) is 0 Å². The second-order valence-corrected chi connectivity index (χ2v) is 5.99. The van der Waals surface area contributed by atoms with Crippen LogP contribution in [0.2, 0.25) is 5.02 Å². The number of rotatable bonds is 5. The van der Waals surface area contributed by atoms with E-state index in [0.717, 1.165) is 11.3 Å². The molecule has 2 rings (SSSR count). The molecule has 0 bridgehead atoms. The Hall–Kier alpha value is -1.84. The van der Waals surface area contributed by atoms with E-state index in [1.54, 1.807) is 0 Å². The minimum Gasteiger partial charge on any atom is -0.330 e. The van der Waals surface area contributed by atoms with Gasteiger partial charge in [0.25, 0.3) is 5.91 Å². The van der Waals surface area contributed by atoms with E-state index in [1.165, 1.54) is 5.56 Å². The molecule has 0 saturated heterocycles. The maximum absolute atomic E-state index is 12.4. The maximum Gasteiger partial charge on any atom is 0.282 e. The monoisotopic (exact) mass is 317 g/mol. The highest BCUT2D eigenvalue weighted by Gasteiger charge is 2.20. The van der Waals surface area contributed by atoms with E-state index in [-0.39, 0.29) is 18.0 Å². The molecule has 0 aliphatic carbocycles. The normalized spacial score (nSPS) is 13.5. The lowest BCUT2D eigenvalue weighted by Crippen LogP contribution is -2.91. The van der Waals surface area contributed by atoms with Crippen LogP contribution in [0.15, 0.2) is 48.5 Å². The summed E-state index contributed by atoms with van der Waals surface area (Å²) < 4.78 is 0. The van der Waals surface area contributed by atoms with Gasteiger partial charge in [-0.1, -0.05) is 48.0 Å². The molecule has 22 heavy (non-hydrogen) atoms. The van der Waals surface area contributed by atoms with Gasteiger partial charge in [0.15, 0.2) is 6.04 Å². The van der Waals surface area contributed by atoms with Gasteiger partial charge in [0, 0.05) is 16.3 Å². The number of carbonyl (C=O) groups excluding carboxylic acids is 1. The van der Waals surface area contributed by atoms with E-state index in [4.69, 9.17) is 11.6 Å². The molecule has 0 aliphatic rings. The summed E-state index contributed by atoms with van der Waals surface area (Å²) in [6.45, 7) is 5.91. The first-order chi connectivity index (χ1) is 10.5. The number of amides is 1. The molecule has 0 fully saturated rings. The van der Waals surface area contributed by atoms with Crippen molar-refractivity contribution in [3.8, 4) is 0 Å². The number of nitrogens with one attached hydrogen (secondary N) is 1. The van der Waals surface area contributed by atoms with E-state index in [0.29, 0.717) is 5.02 Å². The molecule has 3 nitrogen and oxygen atoms in total. The number of carbonyl (C=O) groups is 1. The molecule has 0 heterocycles. The molecule has 4 heteroatoms. The summed E-state index contributed by atoms with van der Waals surface area (Å²) in [6.07, 6.45) is 0. The Balaban J connectivity index is 1.99. The fourth-order valence-electron chi connectivity index (χ4n) is 2.38. The van der Waals surface area contributed by atoms with Crippen molar-refractivity contribution in [2.45, 2.75) is 32.9 Å². The fourth-order valence-corrected chi connectivity index (χ4v) is 2.55. The van der Waals surface area contributed by atoms with E-state index in [9.17, 15) is 4.79 Å². The van der Waals surface area contributed by atoms with E-state index < -0.39 is 0 Å². The highest BCUT2D eigenvalue weighted by molar-refractivity contribution is 6.31. The predicted molar refractivity (Wildman–Crippen MR) is 91.1 cm³/mol. The van der Waals surface area contributed by atoms with E-state index in [2.05, 4.69) is 29.7 Å². The minimum absolute atomic E-state index is 0.0202. The van der Waals surface area contributed by atoms with Gasteiger partial charge >= 0.3 is 0 Å². The number of benzene rings is 2. The predicted octanol–water partition coefficient (Wildman–Crippen LogP) is 3.30. The Morgan fingerprint density at radius 3 is 2.45 bits per heavy atom. The summed E-state index contributed by atoms with van der Waals surface area (Å²) in [5.74, 6) is -0.0202. The Kier molecular flexibility index (Phi) is 5.58. The quantitative estimate of drug-likeness (QED) is 0.873. The highest BCUT2D eigenvalue weighted by Crippen LogP contribution is 2.22. The topological polar surface area (TPSA) is 45.7 Å². The van der Waals surface area contributed by atoms with Gasteiger partial charge in [-0.2, -0.15) is 0 Å². The van der Waals surface area contributed by atoms with Crippen molar-refractivity contribution in [1.29, 1.82) is 0 Å². The van der Waals surface area contributed by atoms with Crippen LogP contribution >= 0.6 is 11.6 Å². The van der Waals surface area contributed by atoms with Gasteiger partial charge in [-0.05, 0) is 38.5 Å². The van der Waals surface area contributed by atoms with Crippen LogP contribution in [0.1, 0.15) is 31.0 Å². The fraction of sp³-hybridized carbons (Fsp3) is 0.278. The summed E-state index contributed by atoms with van der Waals surface area (Å²) in [7, 11) is 0. The first-order valence-corrected chi connectivity index (χ1v) is 7.82. The van der Waals surface area contributed by atoms with Crippen molar-refractivity contribution in [1.82, 2.24) is 0 Å². The summed E-state index contributed by atoms with van der Waals surface area (Å²) >= 11 is 6.08. The van der Waals surface area contributed by atoms with Gasteiger partial charge in [0.05, 0.1) is 0 Å². The van der Waals surface area contributed by atoms with Gasteiger partial charge in [0.1, 0.15) is 6.04 Å². The molecule has 0 aromatic heterocycles. The number of quaternary nitrogens is 1. The molecule has 0 spiro atoms. The minimum atomic E-state index is -0.186. The van der Waals surface area contributed by atoms with Gasteiger partial charge in [-0.3, -0.25) is 4.79 Å². The average molecular weight is 318 g/mol. The van der Waals surface area contributed by atoms with Crippen LogP contribution in [-0.2, 0) is 4.79 Å². The Morgan fingerprint density at radius 1 is 1.09 bits per heavy atom. The van der Waals surface area contributed by atoms with E-state index in [1.807, 2.05) is 50.2 Å². The highest BCUT2D eigenvalue weighted by atomic mass is 35.5. The van der Waals surface area contributed by atoms with Crippen molar-refractivity contribution in [3.05, 3.63) is 64.7 Å². The Morgan fingerprint density at radius 2 is 1.77 bits per heavy atom. The Labute approximate surface area is 136 Å². The van der Waals surface area contributed by atoms with Crippen molar-refractivity contribution >= 4 is 23.2 Å². The second kappa shape index (κ2) is 7.43. The Bertz CT molecular complexity index is 643. The van der Waals surface area contributed by atoms with Crippen molar-refractivity contribution in [3.63, 3.8) is 0 Å².